The molecule has 0 aromatic heterocycles. The maximum atomic E-state index is 12.4. The first-order valence-electron chi connectivity index (χ1n) is 6.03. The van der Waals surface area contributed by atoms with Gasteiger partial charge in [-0.1, -0.05) is 0 Å². The van der Waals surface area contributed by atoms with E-state index >= 15 is 0 Å². The van der Waals surface area contributed by atoms with Gasteiger partial charge in [-0.3, -0.25) is 9.59 Å². The summed E-state index contributed by atoms with van der Waals surface area (Å²) in [5, 5.41) is 2.45. The molecule has 1 rings (SSSR count). The third-order valence-electron chi connectivity index (χ3n) is 2.25. The molecule has 0 aliphatic rings. The highest BCUT2D eigenvalue weighted by Crippen LogP contribution is 2.29. The largest absolute Gasteiger partial charge is 0.465 e. The van der Waals surface area contributed by atoms with Gasteiger partial charge in [0.05, 0.1) is 23.7 Å². The van der Waals surface area contributed by atoms with Crippen LogP contribution in [0.15, 0.2) is 24.3 Å². The predicted molar refractivity (Wildman–Crippen MR) is 74.0 cm³/mol. The number of esters is 1. The number of thioether (sulfide) groups is 1. The average Bonchev–Trinajstić information content (AvgIpc) is 2.38. The van der Waals surface area contributed by atoms with Gasteiger partial charge < -0.3 is 10.1 Å². The standard InChI is InChI=1S/C13H14F3NO3S/c1-2-20-12(19)8-21-7-11(18)17-10-5-3-9(4-6-10)13(14,15)16/h3-6H,2,7-8H2,1H3,(H,17,18). The molecule has 0 fully saturated rings. The van der Waals surface area contributed by atoms with Gasteiger partial charge in [0, 0.05) is 5.69 Å². The van der Waals surface area contributed by atoms with Crippen LogP contribution in [0.3, 0.4) is 0 Å². The van der Waals surface area contributed by atoms with Crippen LogP contribution in [0, 0.1) is 0 Å². The number of nitrogens with one attached hydrogen (secondary N) is 1. The van der Waals surface area contributed by atoms with Gasteiger partial charge in [-0.05, 0) is 31.2 Å². The first-order chi connectivity index (χ1) is 9.82. The predicted octanol–water partition coefficient (Wildman–Crippen LogP) is 2.94. The highest BCUT2D eigenvalue weighted by atomic mass is 32.2. The number of amides is 1. The van der Waals surface area contributed by atoms with Crippen LogP contribution in [0.4, 0.5) is 18.9 Å². The number of carbonyl (C=O) groups excluding carboxylic acids is 2. The molecule has 1 aromatic carbocycles. The van der Waals surface area contributed by atoms with Crippen LogP contribution in [-0.2, 0) is 20.5 Å². The van der Waals surface area contributed by atoms with Crippen molar-refractivity contribution in [1.82, 2.24) is 0 Å². The molecule has 21 heavy (non-hydrogen) atoms. The molecule has 0 heterocycles. The second-order valence-corrected chi connectivity index (χ2v) is 4.91. The summed E-state index contributed by atoms with van der Waals surface area (Å²) >= 11 is 1.07. The molecule has 8 heteroatoms. The van der Waals surface area contributed by atoms with Crippen LogP contribution in [0.5, 0.6) is 0 Å². The molecular formula is C13H14F3NO3S. The number of alkyl halides is 3. The summed E-state index contributed by atoms with van der Waals surface area (Å²) in [5.41, 5.74) is -0.512. The van der Waals surface area contributed by atoms with Gasteiger partial charge in [0.25, 0.3) is 0 Å². The van der Waals surface area contributed by atoms with Crippen molar-refractivity contribution < 1.29 is 27.5 Å². The van der Waals surface area contributed by atoms with Crippen molar-refractivity contribution in [2.45, 2.75) is 13.1 Å². The van der Waals surface area contributed by atoms with Crippen LogP contribution in [0.25, 0.3) is 0 Å². The zero-order valence-electron chi connectivity index (χ0n) is 11.2. The molecular weight excluding hydrogens is 307 g/mol. The minimum absolute atomic E-state index is 0.0137. The monoisotopic (exact) mass is 321 g/mol. The van der Waals surface area contributed by atoms with E-state index in [1.165, 1.54) is 12.1 Å². The second-order valence-electron chi connectivity index (χ2n) is 3.92. The van der Waals surface area contributed by atoms with Crippen molar-refractivity contribution in [1.29, 1.82) is 0 Å². The number of rotatable bonds is 6. The molecule has 0 spiro atoms. The van der Waals surface area contributed by atoms with Crippen molar-refractivity contribution in [3.8, 4) is 0 Å². The fourth-order valence-electron chi connectivity index (χ4n) is 1.37. The van der Waals surface area contributed by atoms with Crippen LogP contribution in [-0.4, -0.2) is 30.0 Å². The lowest BCUT2D eigenvalue weighted by Gasteiger charge is -2.08. The topological polar surface area (TPSA) is 55.4 Å². The Labute approximate surface area is 124 Å². The van der Waals surface area contributed by atoms with E-state index in [1.807, 2.05) is 0 Å². The van der Waals surface area contributed by atoms with E-state index in [-0.39, 0.29) is 23.8 Å². The summed E-state index contributed by atoms with van der Waals surface area (Å²) in [6.07, 6.45) is -4.40. The van der Waals surface area contributed by atoms with E-state index < -0.39 is 23.6 Å². The third kappa shape index (κ3) is 6.52. The first kappa shape index (κ1) is 17.4. The Hall–Kier alpha value is -1.70. The van der Waals surface area contributed by atoms with Crippen molar-refractivity contribution in [3.05, 3.63) is 29.8 Å². The van der Waals surface area contributed by atoms with Crippen LogP contribution in [0.2, 0.25) is 0 Å². The van der Waals surface area contributed by atoms with E-state index in [2.05, 4.69) is 10.1 Å². The highest BCUT2D eigenvalue weighted by Gasteiger charge is 2.29. The van der Waals surface area contributed by atoms with Crippen LogP contribution >= 0.6 is 11.8 Å². The Morgan fingerprint density at radius 1 is 1.19 bits per heavy atom. The zero-order chi connectivity index (χ0) is 15.9. The lowest BCUT2D eigenvalue weighted by atomic mass is 10.2. The zero-order valence-corrected chi connectivity index (χ0v) is 12.0. The molecule has 0 radical (unpaired) electrons. The van der Waals surface area contributed by atoms with Gasteiger partial charge in [0.15, 0.2) is 0 Å². The average molecular weight is 321 g/mol. The first-order valence-corrected chi connectivity index (χ1v) is 7.19. The Morgan fingerprint density at radius 2 is 1.81 bits per heavy atom. The number of carbonyl (C=O) groups is 2. The fraction of sp³-hybridized carbons (Fsp3) is 0.385. The number of hydrogen-bond acceptors (Lipinski definition) is 4. The molecule has 1 aromatic rings. The summed E-state index contributed by atoms with van der Waals surface area (Å²) in [6.45, 7) is 1.96. The van der Waals surface area contributed by atoms with Gasteiger partial charge in [0.1, 0.15) is 0 Å². The summed E-state index contributed by atoms with van der Waals surface area (Å²) in [4.78, 5) is 22.6. The smallest absolute Gasteiger partial charge is 0.416 e. The third-order valence-corrected chi connectivity index (χ3v) is 3.16. The lowest BCUT2D eigenvalue weighted by Crippen LogP contribution is -2.16. The number of anilines is 1. The quantitative estimate of drug-likeness (QED) is 0.819. The van der Waals surface area contributed by atoms with Crippen LogP contribution < -0.4 is 5.32 Å². The minimum Gasteiger partial charge on any atom is -0.465 e. The van der Waals surface area contributed by atoms with E-state index in [9.17, 15) is 22.8 Å². The number of ether oxygens (including phenoxy) is 1. The summed E-state index contributed by atoms with van der Waals surface area (Å²) in [6, 6.07) is 4.14. The van der Waals surface area contributed by atoms with Crippen molar-refractivity contribution in [2.75, 3.05) is 23.4 Å². The van der Waals surface area contributed by atoms with E-state index in [0.29, 0.717) is 0 Å². The normalized spacial score (nSPS) is 11.0. The maximum absolute atomic E-state index is 12.4. The van der Waals surface area contributed by atoms with Gasteiger partial charge in [-0.2, -0.15) is 13.2 Å². The van der Waals surface area contributed by atoms with Crippen molar-refractivity contribution >= 4 is 29.3 Å². The molecule has 0 unspecified atom stereocenters. The van der Waals surface area contributed by atoms with E-state index in [1.54, 1.807) is 6.92 Å². The number of hydrogen-bond donors (Lipinski definition) is 1. The molecule has 0 atom stereocenters. The molecule has 0 saturated heterocycles. The Kier molecular flexibility index (Phi) is 6.54. The SMILES string of the molecule is CCOC(=O)CSCC(=O)Nc1ccc(C(F)(F)F)cc1. The Morgan fingerprint density at radius 3 is 2.33 bits per heavy atom. The summed E-state index contributed by atoms with van der Waals surface area (Å²) in [7, 11) is 0. The van der Waals surface area contributed by atoms with Gasteiger partial charge in [-0.25, -0.2) is 0 Å². The summed E-state index contributed by atoms with van der Waals surface area (Å²) in [5.74, 6) is -0.748. The number of halogens is 3. The van der Waals surface area contributed by atoms with Crippen molar-refractivity contribution in [3.63, 3.8) is 0 Å². The molecule has 1 amide bonds. The molecule has 0 aliphatic carbocycles. The van der Waals surface area contributed by atoms with Crippen molar-refractivity contribution in [2.24, 2.45) is 0 Å². The van der Waals surface area contributed by atoms with Gasteiger partial charge >= 0.3 is 12.1 Å². The molecule has 0 bridgehead atoms. The second kappa shape index (κ2) is 7.92. The minimum atomic E-state index is -4.40. The Balaban J connectivity index is 2.40. The highest BCUT2D eigenvalue weighted by molar-refractivity contribution is 8.00. The maximum Gasteiger partial charge on any atom is 0.416 e. The van der Waals surface area contributed by atoms with Gasteiger partial charge in [0.2, 0.25) is 5.91 Å². The van der Waals surface area contributed by atoms with E-state index in [4.69, 9.17) is 0 Å². The Bertz CT molecular complexity index is 488. The molecule has 0 saturated carbocycles. The fourth-order valence-corrected chi connectivity index (χ4v) is 1.98. The lowest BCUT2D eigenvalue weighted by molar-refractivity contribution is -0.140. The van der Waals surface area contributed by atoms with Crippen LogP contribution in [0.1, 0.15) is 12.5 Å². The summed E-state index contributed by atoms with van der Waals surface area (Å²) < 4.78 is 41.7. The van der Waals surface area contributed by atoms with Gasteiger partial charge in [-0.15, -0.1) is 11.8 Å². The molecule has 4 nitrogen and oxygen atoms in total. The number of benzene rings is 1. The van der Waals surface area contributed by atoms with E-state index in [0.717, 1.165) is 23.9 Å². The molecule has 0 aliphatic heterocycles. The molecule has 1 N–H and O–H groups in total. The molecule has 116 valence electrons.